The van der Waals surface area contributed by atoms with E-state index in [4.69, 9.17) is 20.8 Å². The van der Waals surface area contributed by atoms with E-state index in [2.05, 4.69) is 20.2 Å². The Morgan fingerprint density at radius 2 is 2.06 bits per heavy atom. The number of carbonyl (C=O) groups excluding carboxylic acids is 1. The Bertz CT molecular complexity index is 1540. The van der Waals surface area contributed by atoms with Crippen LogP contribution in [0.25, 0.3) is 31.8 Å². The van der Waals surface area contributed by atoms with E-state index in [1.54, 1.807) is 6.07 Å². The van der Waals surface area contributed by atoms with Gasteiger partial charge in [0.05, 0.1) is 34.4 Å². The highest BCUT2D eigenvalue weighted by Gasteiger charge is 2.18. The van der Waals surface area contributed by atoms with E-state index in [0.29, 0.717) is 43.3 Å². The average Bonchev–Trinajstić information content (AvgIpc) is 3.41. The van der Waals surface area contributed by atoms with Crippen molar-refractivity contribution in [1.29, 1.82) is 0 Å². The molecular weight excluding hydrogens is 472 g/mol. The van der Waals surface area contributed by atoms with Gasteiger partial charge in [-0.1, -0.05) is 41.6 Å². The molecule has 0 aliphatic heterocycles. The maximum atomic E-state index is 12.4. The number of aromatic nitrogens is 4. The molecule has 0 aliphatic rings. The summed E-state index contributed by atoms with van der Waals surface area (Å²) in [5.41, 5.74) is 0.416. The number of benzene rings is 2. The predicted octanol–water partition coefficient (Wildman–Crippen LogP) is 4.92. The van der Waals surface area contributed by atoms with Crippen molar-refractivity contribution < 1.29 is 13.9 Å². The van der Waals surface area contributed by atoms with Gasteiger partial charge in [-0.3, -0.25) is 4.79 Å². The Hall–Kier alpha value is -3.21. The lowest BCUT2D eigenvalue weighted by Gasteiger charge is -2.03. The monoisotopic (exact) mass is 484 g/mol. The van der Waals surface area contributed by atoms with Gasteiger partial charge in [-0.2, -0.15) is 0 Å². The molecule has 0 spiro atoms. The van der Waals surface area contributed by atoms with Crippen LogP contribution in [0, 0.1) is 0 Å². The summed E-state index contributed by atoms with van der Waals surface area (Å²) >= 11 is 9.20. The summed E-state index contributed by atoms with van der Waals surface area (Å²) in [4.78, 5) is 32.0. The molecule has 3 aromatic heterocycles. The molecule has 11 heteroatoms. The number of hydrogen-bond acceptors (Lipinski definition) is 9. The third-order valence-electron chi connectivity index (χ3n) is 4.64. The molecule has 160 valence electrons. The zero-order chi connectivity index (χ0) is 22.2. The molecule has 0 amide bonds. The van der Waals surface area contributed by atoms with Crippen LogP contribution in [-0.2, 0) is 10.5 Å². The van der Waals surface area contributed by atoms with Crippen molar-refractivity contribution in [3.8, 4) is 10.8 Å². The maximum absolute atomic E-state index is 12.4. The molecular formula is C21H13ClN4O4S2. The second-order valence-electron chi connectivity index (χ2n) is 6.64. The zero-order valence-electron chi connectivity index (χ0n) is 16.4. The Morgan fingerprint density at radius 3 is 2.88 bits per heavy atom. The number of aromatic amines is 1. The van der Waals surface area contributed by atoms with Gasteiger partial charge in [0, 0.05) is 10.1 Å². The topological polar surface area (TPSA) is 111 Å². The summed E-state index contributed by atoms with van der Waals surface area (Å²) in [6.45, 7) is 0. The molecule has 0 radical (unpaired) electrons. The minimum Gasteiger partial charge on any atom is -0.465 e. The first-order chi connectivity index (χ1) is 15.5. The number of fused-ring (bicyclic) bond motifs is 2. The average molecular weight is 485 g/mol. The van der Waals surface area contributed by atoms with Gasteiger partial charge in [-0.05, 0) is 24.3 Å². The molecule has 5 aromatic rings. The van der Waals surface area contributed by atoms with Gasteiger partial charge >= 0.3 is 5.97 Å². The van der Waals surface area contributed by atoms with Crippen LogP contribution in [0.1, 0.15) is 16.2 Å². The van der Waals surface area contributed by atoms with Crippen molar-refractivity contribution in [2.24, 2.45) is 0 Å². The van der Waals surface area contributed by atoms with Crippen molar-refractivity contribution in [2.45, 2.75) is 11.0 Å². The molecule has 2 aromatic carbocycles. The van der Waals surface area contributed by atoms with E-state index >= 15 is 0 Å². The smallest absolute Gasteiger partial charge is 0.337 e. The van der Waals surface area contributed by atoms with E-state index in [9.17, 15) is 9.59 Å². The van der Waals surface area contributed by atoms with Gasteiger partial charge in [-0.15, -0.1) is 21.5 Å². The van der Waals surface area contributed by atoms with E-state index in [-0.39, 0.29) is 11.3 Å². The number of halogens is 1. The van der Waals surface area contributed by atoms with Crippen LogP contribution in [0.15, 0.2) is 56.9 Å². The second-order valence-corrected chi connectivity index (χ2v) is 9.00. The summed E-state index contributed by atoms with van der Waals surface area (Å²) in [6, 6.07) is 12.4. The fraction of sp³-hybridized carbons (Fsp3) is 0.0952. The van der Waals surface area contributed by atoms with Gasteiger partial charge in [0.2, 0.25) is 0 Å². The quantitative estimate of drug-likeness (QED) is 0.276. The van der Waals surface area contributed by atoms with Crippen LogP contribution in [-0.4, -0.2) is 33.2 Å². The third-order valence-corrected chi connectivity index (χ3v) is 7.14. The van der Waals surface area contributed by atoms with Crippen LogP contribution >= 0.6 is 34.7 Å². The molecule has 8 nitrogen and oxygen atoms in total. The number of ether oxygens (including phenoxy) is 1. The molecule has 0 unspecified atom stereocenters. The maximum Gasteiger partial charge on any atom is 0.337 e. The summed E-state index contributed by atoms with van der Waals surface area (Å²) in [7, 11) is 1.30. The highest BCUT2D eigenvalue weighted by Crippen LogP contribution is 2.41. The van der Waals surface area contributed by atoms with Crippen LogP contribution in [0.2, 0.25) is 5.02 Å². The van der Waals surface area contributed by atoms with Crippen LogP contribution < -0.4 is 5.56 Å². The molecule has 0 bridgehead atoms. The van der Waals surface area contributed by atoms with Crippen LogP contribution in [0.3, 0.4) is 0 Å². The van der Waals surface area contributed by atoms with Crippen molar-refractivity contribution in [3.05, 3.63) is 69.2 Å². The van der Waals surface area contributed by atoms with E-state index in [1.165, 1.54) is 42.3 Å². The standard InChI is InChI=1S/C21H13ClN4O4S2/c1-29-20(28)10-6-7-11-13(8-10)23-15(24-18(11)27)9-31-21-26-25-19(30-21)17-16(22)12-4-2-3-5-14(12)32-17/h2-8H,9H2,1H3,(H,23,24,27). The van der Waals surface area contributed by atoms with Crippen molar-refractivity contribution in [3.63, 3.8) is 0 Å². The second kappa shape index (κ2) is 8.38. The van der Waals surface area contributed by atoms with E-state index in [0.717, 1.165) is 10.1 Å². The minimum atomic E-state index is -0.497. The fourth-order valence-corrected chi connectivity index (χ4v) is 5.21. The number of nitrogens with one attached hydrogen (secondary N) is 1. The molecule has 0 atom stereocenters. The lowest BCUT2D eigenvalue weighted by atomic mass is 10.1. The number of methoxy groups -OCH3 is 1. The third kappa shape index (κ3) is 3.77. The summed E-state index contributed by atoms with van der Waals surface area (Å²) in [5, 5.41) is 10.4. The van der Waals surface area contributed by atoms with Crippen LogP contribution in [0.5, 0.6) is 0 Å². The molecule has 32 heavy (non-hydrogen) atoms. The Labute approximate surface area is 193 Å². The fourth-order valence-electron chi connectivity index (χ4n) is 3.14. The zero-order valence-corrected chi connectivity index (χ0v) is 18.8. The number of nitrogens with zero attached hydrogens (tertiary/aromatic N) is 3. The molecule has 0 aliphatic carbocycles. The lowest BCUT2D eigenvalue weighted by Crippen LogP contribution is -2.12. The Kier molecular flexibility index (Phi) is 5.41. The molecule has 3 heterocycles. The highest BCUT2D eigenvalue weighted by molar-refractivity contribution is 7.98. The Morgan fingerprint density at radius 1 is 1.22 bits per heavy atom. The first-order valence-electron chi connectivity index (χ1n) is 9.28. The SMILES string of the molecule is COC(=O)c1ccc2c(=O)[nH]c(CSc3nnc(-c4sc5ccccc5c4Cl)o3)nc2c1. The van der Waals surface area contributed by atoms with E-state index in [1.807, 2.05) is 24.3 Å². The summed E-state index contributed by atoms with van der Waals surface area (Å²) < 4.78 is 11.5. The highest BCUT2D eigenvalue weighted by atomic mass is 35.5. The first-order valence-corrected chi connectivity index (χ1v) is 11.5. The predicted molar refractivity (Wildman–Crippen MR) is 123 cm³/mol. The molecule has 0 saturated carbocycles. The number of thiophene rings is 1. The van der Waals surface area contributed by atoms with Crippen molar-refractivity contribution in [1.82, 2.24) is 20.2 Å². The lowest BCUT2D eigenvalue weighted by molar-refractivity contribution is 0.0601. The number of esters is 1. The van der Waals surface area contributed by atoms with Crippen LogP contribution in [0.4, 0.5) is 0 Å². The number of hydrogen-bond donors (Lipinski definition) is 1. The molecule has 0 saturated heterocycles. The van der Waals surface area contributed by atoms with E-state index < -0.39 is 5.97 Å². The van der Waals surface area contributed by atoms with Gasteiger partial charge < -0.3 is 14.1 Å². The summed E-state index contributed by atoms with van der Waals surface area (Å²) in [5.74, 6) is 0.536. The molecule has 5 rings (SSSR count). The van der Waals surface area contributed by atoms with Gasteiger partial charge in [0.25, 0.3) is 16.7 Å². The number of H-pyrrole nitrogens is 1. The van der Waals surface area contributed by atoms with Gasteiger partial charge in [0.1, 0.15) is 10.7 Å². The number of rotatable bonds is 5. The van der Waals surface area contributed by atoms with Crippen molar-refractivity contribution in [2.75, 3.05) is 7.11 Å². The van der Waals surface area contributed by atoms with Crippen molar-refractivity contribution >= 4 is 61.7 Å². The molecule has 1 N–H and O–H groups in total. The number of thioether (sulfide) groups is 1. The molecule has 0 fully saturated rings. The number of carbonyl (C=O) groups is 1. The largest absolute Gasteiger partial charge is 0.465 e. The van der Waals surface area contributed by atoms with Gasteiger partial charge in [0.15, 0.2) is 0 Å². The first kappa shape index (κ1) is 20.7. The summed E-state index contributed by atoms with van der Waals surface area (Å²) in [6.07, 6.45) is 0. The normalized spacial score (nSPS) is 11.3. The minimum absolute atomic E-state index is 0.287. The van der Waals surface area contributed by atoms with Gasteiger partial charge in [-0.25, -0.2) is 9.78 Å². The Balaban J connectivity index is 1.39.